The van der Waals surface area contributed by atoms with Crippen molar-refractivity contribution in [2.45, 2.75) is 6.54 Å². The third-order valence-corrected chi connectivity index (χ3v) is 3.31. The normalized spacial score (nSPS) is 10.3. The molecule has 0 radical (unpaired) electrons. The first kappa shape index (κ1) is 13.4. The highest BCUT2D eigenvalue weighted by atomic mass is 79.9. The van der Waals surface area contributed by atoms with Crippen molar-refractivity contribution >= 4 is 33.2 Å². The van der Waals surface area contributed by atoms with Crippen LogP contribution in [0.5, 0.6) is 0 Å². The number of hydrogen-bond acceptors (Lipinski definition) is 2. The highest BCUT2D eigenvalue weighted by molar-refractivity contribution is 9.09. The van der Waals surface area contributed by atoms with Crippen LogP contribution in [0.25, 0.3) is 0 Å². The first-order valence-corrected chi connectivity index (χ1v) is 7.25. The maximum atomic E-state index is 6.20. The minimum atomic E-state index is 0.689. The summed E-state index contributed by atoms with van der Waals surface area (Å²) in [4.78, 5) is 6.27. The number of nitrogens with zero attached hydrogens (tertiary/aromatic N) is 2. The van der Waals surface area contributed by atoms with E-state index in [0.717, 1.165) is 24.1 Å². The Kier molecular flexibility index (Phi) is 5.02. The standard InChI is InChI=1S/C14H14BrClN2/c15-7-9-18(11-12-4-2-1-3-5-12)14-6-8-17-10-13(14)16/h1-6,8,10H,7,9,11H2. The van der Waals surface area contributed by atoms with Gasteiger partial charge in [-0.15, -0.1) is 0 Å². The van der Waals surface area contributed by atoms with Crippen LogP contribution in [-0.2, 0) is 6.54 Å². The lowest BCUT2D eigenvalue weighted by molar-refractivity contribution is 0.839. The summed E-state index contributed by atoms with van der Waals surface area (Å²) >= 11 is 9.69. The number of rotatable bonds is 5. The van der Waals surface area contributed by atoms with Gasteiger partial charge in [-0.3, -0.25) is 4.98 Å². The number of benzene rings is 1. The summed E-state index contributed by atoms with van der Waals surface area (Å²) in [5.41, 5.74) is 2.29. The first-order valence-electron chi connectivity index (χ1n) is 5.75. The molecular formula is C14H14BrClN2. The molecule has 0 bridgehead atoms. The van der Waals surface area contributed by atoms with Gasteiger partial charge in [0, 0.05) is 30.8 Å². The lowest BCUT2D eigenvalue weighted by atomic mass is 10.2. The number of hydrogen-bond donors (Lipinski definition) is 0. The van der Waals surface area contributed by atoms with E-state index >= 15 is 0 Å². The average Bonchev–Trinajstić information content (AvgIpc) is 2.40. The molecule has 0 fully saturated rings. The van der Waals surface area contributed by atoms with Crippen LogP contribution >= 0.6 is 27.5 Å². The molecule has 18 heavy (non-hydrogen) atoms. The Hall–Kier alpha value is -1.06. The third kappa shape index (κ3) is 3.47. The molecular weight excluding hydrogens is 312 g/mol. The maximum Gasteiger partial charge on any atom is 0.0822 e. The number of pyridine rings is 1. The molecule has 0 spiro atoms. The zero-order valence-corrected chi connectivity index (χ0v) is 12.2. The molecule has 1 aromatic carbocycles. The van der Waals surface area contributed by atoms with Crippen molar-refractivity contribution in [3.63, 3.8) is 0 Å². The van der Waals surface area contributed by atoms with Crippen molar-refractivity contribution in [3.8, 4) is 0 Å². The van der Waals surface area contributed by atoms with Crippen LogP contribution in [0.15, 0.2) is 48.8 Å². The Morgan fingerprint density at radius 3 is 2.61 bits per heavy atom. The molecule has 4 heteroatoms. The number of anilines is 1. The van der Waals surface area contributed by atoms with Crippen LogP contribution < -0.4 is 4.90 Å². The molecule has 0 saturated heterocycles. The number of halogens is 2. The molecule has 0 aliphatic rings. The fourth-order valence-corrected chi connectivity index (χ4v) is 2.48. The van der Waals surface area contributed by atoms with Crippen LogP contribution in [0.1, 0.15) is 5.56 Å². The molecule has 0 N–H and O–H groups in total. The van der Waals surface area contributed by atoms with Gasteiger partial charge in [0.1, 0.15) is 0 Å². The summed E-state index contributed by atoms with van der Waals surface area (Å²) in [7, 11) is 0. The number of aromatic nitrogens is 1. The van der Waals surface area contributed by atoms with Gasteiger partial charge in [-0.1, -0.05) is 57.9 Å². The van der Waals surface area contributed by atoms with E-state index in [-0.39, 0.29) is 0 Å². The predicted molar refractivity (Wildman–Crippen MR) is 80.5 cm³/mol. The quantitative estimate of drug-likeness (QED) is 0.768. The van der Waals surface area contributed by atoms with Crippen LogP contribution in [0.3, 0.4) is 0 Å². The Morgan fingerprint density at radius 1 is 1.17 bits per heavy atom. The van der Waals surface area contributed by atoms with Crippen molar-refractivity contribution in [3.05, 3.63) is 59.4 Å². The summed E-state index contributed by atoms with van der Waals surface area (Å²) in [6.45, 7) is 1.74. The lowest BCUT2D eigenvalue weighted by Crippen LogP contribution is -2.25. The molecule has 0 saturated carbocycles. The van der Waals surface area contributed by atoms with Crippen LogP contribution in [0.4, 0.5) is 5.69 Å². The van der Waals surface area contributed by atoms with Gasteiger partial charge in [0.25, 0.3) is 0 Å². The molecule has 94 valence electrons. The molecule has 2 rings (SSSR count). The van der Waals surface area contributed by atoms with E-state index in [1.165, 1.54) is 5.56 Å². The zero-order valence-electron chi connectivity index (χ0n) is 9.89. The van der Waals surface area contributed by atoms with Gasteiger partial charge in [0.2, 0.25) is 0 Å². The Morgan fingerprint density at radius 2 is 1.94 bits per heavy atom. The topological polar surface area (TPSA) is 16.1 Å². The van der Waals surface area contributed by atoms with Gasteiger partial charge in [0.05, 0.1) is 10.7 Å². The van der Waals surface area contributed by atoms with E-state index in [2.05, 4.69) is 50.1 Å². The first-order chi connectivity index (χ1) is 8.81. The monoisotopic (exact) mass is 324 g/mol. The predicted octanol–water partition coefficient (Wildman–Crippen LogP) is 4.14. The zero-order chi connectivity index (χ0) is 12.8. The summed E-state index contributed by atoms with van der Waals surface area (Å²) in [6, 6.07) is 12.3. The molecule has 2 nitrogen and oxygen atoms in total. The van der Waals surface area contributed by atoms with Crippen molar-refractivity contribution in [1.82, 2.24) is 4.98 Å². The summed E-state index contributed by atoms with van der Waals surface area (Å²) in [5, 5.41) is 1.59. The van der Waals surface area contributed by atoms with Gasteiger partial charge in [-0.2, -0.15) is 0 Å². The van der Waals surface area contributed by atoms with E-state index in [1.807, 2.05) is 12.1 Å². The van der Waals surface area contributed by atoms with Gasteiger partial charge in [0.15, 0.2) is 0 Å². The van der Waals surface area contributed by atoms with Gasteiger partial charge in [-0.05, 0) is 11.6 Å². The number of alkyl halides is 1. The van der Waals surface area contributed by atoms with Crippen molar-refractivity contribution in [2.24, 2.45) is 0 Å². The summed E-state index contributed by atoms with van der Waals surface area (Å²) in [5.74, 6) is 0. The smallest absolute Gasteiger partial charge is 0.0822 e. The van der Waals surface area contributed by atoms with Gasteiger partial charge in [-0.25, -0.2) is 0 Å². The Bertz CT molecular complexity index is 490. The van der Waals surface area contributed by atoms with E-state index in [0.29, 0.717) is 5.02 Å². The second kappa shape index (κ2) is 6.76. The van der Waals surface area contributed by atoms with E-state index < -0.39 is 0 Å². The van der Waals surface area contributed by atoms with Crippen LogP contribution in [0, 0.1) is 0 Å². The molecule has 0 aliphatic heterocycles. The van der Waals surface area contributed by atoms with E-state index in [9.17, 15) is 0 Å². The minimum Gasteiger partial charge on any atom is -0.365 e. The molecule has 0 unspecified atom stereocenters. The molecule has 1 heterocycles. The molecule has 0 aliphatic carbocycles. The van der Waals surface area contributed by atoms with Crippen molar-refractivity contribution in [1.29, 1.82) is 0 Å². The minimum absolute atomic E-state index is 0.689. The highest BCUT2D eigenvalue weighted by Gasteiger charge is 2.10. The van der Waals surface area contributed by atoms with E-state index in [1.54, 1.807) is 12.4 Å². The van der Waals surface area contributed by atoms with Crippen molar-refractivity contribution < 1.29 is 0 Å². The van der Waals surface area contributed by atoms with E-state index in [4.69, 9.17) is 11.6 Å². The summed E-state index contributed by atoms with van der Waals surface area (Å²) < 4.78 is 0. The molecule has 0 amide bonds. The van der Waals surface area contributed by atoms with Crippen LogP contribution in [0.2, 0.25) is 5.02 Å². The van der Waals surface area contributed by atoms with Gasteiger partial charge >= 0.3 is 0 Å². The second-order valence-electron chi connectivity index (χ2n) is 3.92. The Labute approximate surface area is 121 Å². The lowest BCUT2D eigenvalue weighted by Gasteiger charge is -2.24. The fraction of sp³-hybridized carbons (Fsp3) is 0.214. The molecule has 0 atom stereocenters. The third-order valence-electron chi connectivity index (χ3n) is 2.66. The highest BCUT2D eigenvalue weighted by Crippen LogP contribution is 2.25. The average molecular weight is 326 g/mol. The second-order valence-corrected chi connectivity index (χ2v) is 5.12. The SMILES string of the molecule is Clc1cnccc1N(CCBr)Cc1ccccc1. The Balaban J connectivity index is 2.21. The summed E-state index contributed by atoms with van der Waals surface area (Å²) in [6.07, 6.45) is 3.45. The largest absolute Gasteiger partial charge is 0.365 e. The van der Waals surface area contributed by atoms with Crippen LogP contribution in [-0.4, -0.2) is 16.9 Å². The van der Waals surface area contributed by atoms with Crippen molar-refractivity contribution in [2.75, 3.05) is 16.8 Å². The fourth-order valence-electron chi connectivity index (χ4n) is 1.81. The van der Waals surface area contributed by atoms with Gasteiger partial charge < -0.3 is 4.90 Å². The maximum absolute atomic E-state index is 6.20. The molecule has 1 aromatic heterocycles. The molecule has 2 aromatic rings.